The van der Waals surface area contributed by atoms with Crippen molar-refractivity contribution >= 4 is 34.4 Å². The molecule has 0 saturated carbocycles. The van der Waals surface area contributed by atoms with Crippen molar-refractivity contribution in [1.82, 2.24) is 14.6 Å². The predicted molar refractivity (Wildman–Crippen MR) is 76.8 cm³/mol. The molecule has 0 bridgehead atoms. The number of nitrogens with two attached hydrogens (primary N) is 1. The average Bonchev–Trinajstić information content (AvgIpc) is 2.87. The minimum atomic E-state index is -0.340. The van der Waals surface area contributed by atoms with Gasteiger partial charge in [-0.3, -0.25) is 9.78 Å². The molecule has 3 rings (SSSR count). The number of anilines is 2. The summed E-state index contributed by atoms with van der Waals surface area (Å²) in [7, 11) is 0. The van der Waals surface area contributed by atoms with Gasteiger partial charge < -0.3 is 11.1 Å². The summed E-state index contributed by atoms with van der Waals surface area (Å²) in [6.45, 7) is 0. The van der Waals surface area contributed by atoms with Crippen LogP contribution < -0.4 is 11.1 Å². The number of fused-ring (bicyclic) bond motifs is 1. The third kappa shape index (κ3) is 2.06. The number of halogens is 1. The summed E-state index contributed by atoms with van der Waals surface area (Å²) in [5.74, 6) is -0.340. The summed E-state index contributed by atoms with van der Waals surface area (Å²) < 4.78 is 1.57. The lowest BCUT2D eigenvalue weighted by molar-refractivity contribution is 0.102. The number of nitrogens with one attached hydrogen (secondary N) is 1. The average molecular weight is 288 g/mol. The number of amides is 1. The molecular formula is C13H10ClN5O. The van der Waals surface area contributed by atoms with Crippen molar-refractivity contribution in [2.24, 2.45) is 0 Å². The number of carbonyl (C=O) groups is 1. The third-order valence-corrected chi connectivity index (χ3v) is 3.17. The Labute approximate surface area is 119 Å². The fourth-order valence-corrected chi connectivity index (χ4v) is 2.09. The van der Waals surface area contributed by atoms with Crippen molar-refractivity contribution in [2.45, 2.75) is 0 Å². The van der Waals surface area contributed by atoms with E-state index in [0.29, 0.717) is 27.5 Å². The second-order valence-corrected chi connectivity index (χ2v) is 4.53. The Morgan fingerprint density at radius 3 is 3.00 bits per heavy atom. The monoisotopic (exact) mass is 287 g/mol. The highest BCUT2D eigenvalue weighted by atomic mass is 35.5. The minimum Gasteiger partial charge on any atom is -0.397 e. The van der Waals surface area contributed by atoms with Gasteiger partial charge in [0, 0.05) is 12.4 Å². The smallest absolute Gasteiger partial charge is 0.259 e. The normalized spacial score (nSPS) is 10.7. The molecule has 1 amide bonds. The van der Waals surface area contributed by atoms with Crippen LogP contribution in [0.1, 0.15) is 10.4 Å². The van der Waals surface area contributed by atoms with Crippen LogP contribution in [0.3, 0.4) is 0 Å². The summed E-state index contributed by atoms with van der Waals surface area (Å²) in [5.41, 5.74) is 7.61. The first-order valence-electron chi connectivity index (χ1n) is 5.79. The Morgan fingerprint density at radius 1 is 1.35 bits per heavy atom. The molecule has 20 heavy (non-hydrogen) atoms. The molecule has 0 radical (unpaired) electrons. The summed E-state index contributed by atoms with van der Waals surface area (Å²) in [6, 6.07) is 5.04. The number of nitrogens with zero attached hydrogens (tertiary/aromatic N) is 3. The quantitative estimate of drug-likeness (QED) is 0.708. The van der Waals surface area contributed by atoms with E-state index in [2.05, 4.69) is 15.4 Å². The Hall–Kier alpha value is -2.60. The van der Waals surface area contributed by atoms with E-state index in [-0.39, 0.29) is 5.91 Å². The van der Waals surface area contributed by atoms with Crippen molar-refractivity contribution in [3.63, 3.8) is 0 Å². The number of nitrogen functional groups attached to an aromatic ring is 1. The van der Waals surface area contributed by atoms with Crippen LogP contribution >= 0.6 is 11.6 Å². The van der Waals surface area contributed by atoms with E-state index in [4.69, 9.17) is 17.3 Å². The summed E-state index contributed by atoms with van der Waals surface area (Å²) in [6.07, 6.45) is 6.29. The second kappa shape index (κ2) is 4.82. The first-order chi connectivity index (χ1) is 9.66. The molecule has 0 atom stereocenters. The van der Waals surface area contributed by atoms with Crippen molar-refractivity contribution in [2.75, 3.05) is 11.1 Å². The third-order valence-electron chi connectivity index (χ3n) is 2.85. The van der Waals surface area contributed by atoms with Crippen LogP contribution in [0.15, 0.2) is 43.0 Å². The number of hydrogen-bond acceptors (Lipinski definition) is 4. The van der Waals surface area contributed by atoms with Gasteiger partial charge in [-0.15, -0.1) is 0 Å². The van der Waals surface area contributed by atoms with Gasteiger partial charge in [0.2, 0.25) is 0 Å². The molecule has 0 aliphatic rings. The lowest BCUT2D eigenvalue weighted by Crippen LogP contribution is -2.13. The molecule has 7 heteroatoms. The van der Waals surface area contributed by atoms with Gasteiger partial charge in [0.1, 0.15) is 0 Å². The van der Waals surface area contributed by atoms with E-state index in [1.165, 1.54) is 6.20 Å². The number of para-hydroxylation sites is 1. The Morgan fingerprint density at radius 2 is 2.20 bits per heavy atom. The largest absolute Gasteiger partial charge is 0.397 e. The molecule has 0 aliphatic carbocycles. The number of hydrogen-bond donors (Lipinski definition) is 2. The highest BCUT2D eigenvalue weighted by molar-refractivity contribution is 6.34. The van der Waals surface area contributed by atoms with Gasteiger partial charge in [-0.05, 0) is 12.1 Å². The van der Waals surface area contributed by atoms with Crippen molar-refractivity contribution in [3.05, 3.63) is 53.6 Å². The molecule has 0 unspecified atom stereocenters. The fourth-order valence-electron chi connectivity index (χ4n) is 1.86. The van der Waals surface area contributed by atoms with Gasteiger partial charge in [-0.25, -0.2) is 4.52 Å². The molecule has 100 valence electrons. The SMILES string of the molecule is Nc1cccc(Cl)c1NC(=O)c1cnn2ccncc12. The molecule has 3 aromatic rings. The first kappa shape index (κ1) is 12.4. The summed E-state index contributed by atoms with van der Waals surface area (Å²) >= 11 is 6.03. The van der Waals surface area contributed by atoms with E-state index in [9.17, 15) is 4.79 Å². The van der Waals surface area contributed by atoms with E-state index in [1.54, 1.807) is 41.3 Å². The molecular weight excluding hydrogens is 278 g/mol. The molecule has 1 aromatic carbocycles. The number of aromatic nitrogens is 3. The Kier molecular flexibility index (Phi) is 3.00. The maximum absolute atomic E-state index is 12.3. The van der Waals surface area contributed by atoms with Crippen molar-refractivity contribution in [3.8, 4) is 0 Å². The maximum Gasteiger partial charge on any atom is 0.259 e. The van der Waals surface area contributed by atoms with Gasteiger partial charge in [-0.1, -0.05) is 17.7 Å². The van der Waals surface area contributed by atoms with Gasteiger partial charge in [0.25, 0.3) is 5.91 Å². The molecule has 0 aliphatic heterocycles. The van der Waals surface area contributed by atoms with Crippen LogP contribution in [-0.4, -0.2) is 20.5 Å². The van der Waals surface area contributed by atoms with Crippen LogP contribution in [-0.2, 0) is 0 Å². The van der Waals surface area contributed by atoms with E-state index >= 15 is 0 Å². The maximum atomic E-state index is 12.3. The summed E-state index contributed by atoms with van der Waals surface area (Å²) in [4.78, 5) is 16.3. The van der Waals surface area contributed by atoms with E-state index < -0.39 is 0 Å². The predicted octanol–water partition coefficient (Wildman–Crippen LogP) is 2.22. The zero-order chi connectivity index (χ0) is 14.1. The van der Waals surface area contributed by atoms with Crippen LogP contribution in [0.25, 0.3) is 5.52 Å². The van der Waals surface area contributed by atoms with Crippen LogP contribution in [0.4, 0.5) is 11.4 Å². The van der Waals surface area contributed by atoms with E-state index in [1.807, 2.05) is 0 Å². The van der Waals surface area contributed by atoms with Gasteiger partial charge in [0.05, 0.1) is 39.9 Å². The Bertz CT molecular complexity index is 778. The number of carbonyl (C=O) groups excluding carboxylic acids is 1. The van der Waals surface area contributed by atoms with Gasteiger partial charge in [0.15, 0.2) is 0 Å². The second-order valence-electron chi connectivity index (χ2n) is 4.12. The Balaban J connectivity index is 1.98. The standard InChI is InChI=1S/C13H10ClN5O/c14-9-2-1-3-10(15)12(9)18-13(20)8-6-17-19-5-4-16-7-11(8)19/h1-7H,15H2,(H,18,20). The molecule has 0 fully saturated rings. The molecule has 2 aromatic heterocycles. The van der Waals surface area contributed by atoms with Gasteiger partial charge in [-0.2, -0.15) is 5.10 Å². The summed E-state index contributed by atoms with van der Waals surface area (Å²) in [5, 5.41) is 7.16. The lowest BCUT2D eigenvalue weighted by atomic mass is 10.2. The fraction of sp³-hybridized carbons (Fsp3) is 0. The molecule has 6 nitrogen and oxygen atoms in total. The zero-order valence-electron chi connectivity index (χ0n) is 10.2. The highest BCUT2D eigenvalue weighted by Crippen LogP contribution is 2.28. The van der Waals surface area contributed by atoms with Crippen LogP contribution in [0, 0.1) is 0 Å². The topological polar surface area (TPSA) is 85.3 Å². The number of benzene rings is 1. The van der Waals surface area contributed by atoms with Gasteiger partial charge >= 0.3 is 0 Å². The van der Waals surface area contributed by atoms with Crippen LogP contribution in [0.2, 0.25) is 5.02 Å². The molecule has 0 saturated heterocycles. The molecule has 0 spiro atoms. The van der Waals surface area contributed by atoms with Crippen molar-refractivity contribution in [1.29, 1.82) is 0 Å². The number of rotatable bonds is 2. The highest BCUT2D eigenvalue weighted by Gasteiger charge is 2.15. The van der Waals surface area contributed by atoms with E-state index in [0.717, 1.165) is 0 Å². The molecule has 3 N–H and O–H groups in total. The minimum absolute atomic E-state index is 0.340. The molecule has 2 heterocycles. The first-order valence-corrected chi connectivity index (χ1v) is 6.17. The van der Waals surface area contributed by atoms with Crippen LogP contribution in [0.5, 0.6) is 0 Å². The zero-order valence-corrected chi connectivity index (χ0v) is 11.0. The van der Waals surface area contributed by atoms with Crippen molar-refractivity contribution < 1.29 is 4.79 Å². The lowest BCUT2D eigenvalue weighted by Gasteiger charge is -2.09.